The quantitative estimate of drug-likeness (QED) is 0.142. The summed E-state index contributed by atoms with van der Waals surface area (Å²) in [6.45, 7) is 3.70. The molecule has 0 saturated heterocycles. The average molecular weight is 433 g/mol. The molecule has 0 spiro atoms. The molecule has 0 aromatic rings. The van der Waals surface area contributed by atoms with Gasteiger partial charge in [0.25, 0.3) is 0 Å². The van der Waals surface area contributed by atoms with Crippen LogP contribution in [-0.2, 0) is 24.0 Å². The second kappa shape index (κ2) is 12.7. The van der Waals surface area contributed by atoms with Crippen molar-refractivity contribution in [2.45, 2.75) is 63.9 Å². The van der Waals surface area contributed by atoms with E-state index in [2.05, 4.69) is 16.0 Å². The monoisotopic (exact) mass is 433 g/mol. The number of aliphatic carboxylic acids is 1. The van der Waals surface area contributed by atoms with Crippen LogP contribution in [0.25, 0.3) is 0 Å². The highest BCUT2D eigenvalue weighted by Gasteiger charge is 2.32. The van der Waals surface area contributed by atoms with Crippen molar-refractivity contribution in [1.29, 1.82) is 0 Å². The number of amides is 4. The van der Waals surface area contributed by atoms with Gasteiger partial charge in [0.2, 0.25) is 23.6 Å². The Morgan fingerprint density at radius 2 is 1.43 bits per heavy atom. The molecule has 4 amide bonds. The minimum Gasteiger partial charge on any atom is -0.480 e. The molecule has 0 fully saturated rings. The Bertz CT molecular complexity index is 642. The number of rotatable bonds is 13. The van der Waals surface area contributed by atoms with Gasteiger partial charge in [-0.05, 0) is 12.8 Å². The molecule has 172 valence electrons. The molecule has 6 unspecified atom stereocenters. The lowest BCUT2D eigenvalue weighted by Gasteiger charge is -2.25. The lowest BCUT2D eigenvalue weighted by Crippen LogP contribution is -2.59. The van der Waals surface area contributed by atoms with Crippen LogP contribution in [0.4, 0.5) is 0 Å². The van der Waals surface area contributed by atoms with E-state index in [1.165, 1.54) is 6.92 Å². The average Bonchev–Trinajstić information content (AvgIpc) is 2.67. The number of hydrogen-bond acceptors (Lipinski definition) is 8. The summed E-state index contributed by atoms with van der Waals surface area (Å²) in [6.07, 6.45) is -1.44. The highest BCUT2D eigenvalue weighted by molar-refractivity contribution is 5.96. The standard InChI is InChI=1S/C17H31N5O8/c1-4-7(2)13(17(29)30)22-15(27)10(6-23)21-14(26)9(5-11(18)25)20-16(28)12(19)8(3)24/h7-10,12-13,23-24H,4-6,19H2,1-3H3,(H2,18,25)(H,20,28)(H,21,26)(H,22,27)(H,29,30). The maximum atomic E-state index is 12.4. The van der Waals surface area contributed by atoms with Gasteiger partial charge >= 0.3 is 5.97 Å². The van der Waals surface area contributed by atoms with Crippen molar-refractivity contribution in [2.75, 3.05) is 6.61 Å². The fraction of sp³-hybridized carbons (Fsp3) is 0.706. The number of carboxylic acids is 1. The minimum atomic E-state index is -1.55. The molecule has 0 aliphatic carbocycles. The van der Waals surface area contributed by atoms with Crippen LogP contribution in [0.1, 0.15) is 33.6 Å². The Balaban J connectivity index is 5.32. The molecule has 0 aliphatic heterocycles. The maximum Gasteiger partial charge on any atom is 0.326 e. The normalized spacial score (nSPS) is 16.9. The van der Waals surface area contributed by atoms with Crippen LogP contribution in [0.2, 0.25) is 0 Å². The van der Waals surface area contributed by atoms with E-state index in [9.17, 15) is 39.3 Å². The van der Waals surface area contributed by atoms with Gasteiger partial charge in [0.15, 0.2) is 0 Å². The van der Waals surface area contributed by atoms with Gasteiger partial charge < -0.3 is 42.7 Å². The summed E-state index contributed by atoms with van der Waals surface area (Å²) in [5, 5.41) is 34.6. The van der Waals surface area contributed by atoms with E-state index in [0.717, 1.165) is 0 Å². The lowest BCUT2D eigenvalue weighted by molar-refractivity contribution is -0.144. The third kappa shape index (κ3) is 8.71. The summed E-state index contributed by atoms with van der Waals surface area (Å²) in [6, 6.07) is -5.73. The van der Waals surface area contributed by atoms with Crippen molar-refractivity contribution in [2.24, 2.45) is 17.4 Å². The van der Waals surface area contributed by atoms with Crippen molar-refractivity contribution < 1.29 is 39.3 Å². The van der Waals surface area contributed by atoms with Crippen LogP contribution < -0.4 is 27.4 Å². The largest absolute Gasteiger partial charge is 0.480 e. The first-order valence-electron chi connectivity index (χ1n) is 9.32. The molecule has 10 N–H and O–H groups in total. The number of primary amides is 1. The van der Waals surface area contributed by atoms with Crippen LogP contribution in [0.5, 0.6) is 0 Å². The number of hydrogen-bond donors (Lipinski definition) is 8. The van der Waals surface area contributed by atoms with E-state index in [0.29, 0.717) is 6.42 Å². The number of carbonyl (C=O) groups is 5. The fourth-order valence-electron chi connectivity index (χ4n) is 2.30. The van der Waals surface area contributed by atoms with Gasteiger partial charge in [0, 0.05) is 0 Å². The predicted octanol–water partition coefficient (Wildman–Crippen LogP) is -3.85. The summed E-state index contributed by atoms with van der Waals surface area (Å²) in [5.41, 5.74) is 10.5. The van der Waals surface area contributed by atoms with Crippen LogP contribution in [0.3, 0.4) is 0 Å². The molecule has 13 nitrogen and oxygen atoms in total. The second-order valence-corrected chi connectivity index (χ2v) is 6.95. The van der Waals surface area contributed by atoms with Crippen LogP contribution >= 0.6 is 0 Å². The van der Waals surface area contributed by atoms with Gasteiger partial charge in [-0.15, -0.1) is 0 Å². The fourth-order valence-corrected chi connectivity index (χ4v) is 2.30. The Morgan fingerprint density at radius 1 is 0.933 bits per heavy atom. The van der Waals surface area contributed by atoms with E-state index in [-0.39, 0.29) is 0 Å². The van der Waals surface area contributed by atoms with E-state index in [4.69, 9.17) is 11.5 Å². The molecule has 30 heavy (non-hydrogen) atoms. The smallest absolute Gasteiger partial charge is 0.326 e. The molecule has 0 rings (SSSR count). The van der Waals surface area contributed by atoms with E-state index >= 15 is 0 Å². The van der Waals surface area contributed by atoms with Gasteiger partial charge in [-0.3, -0.25) is 19.2 Å². The number of carbonyl (C=O) groups excluding carboxylic acids is 4. The predicted molar refractivity (Wildman–Crippen MR) is 103 cm³/mol. The molecular formula is C17H31N5O8. The molecule has 13 heteroatoms. The molecule has 0 aromatic carbocycles. The summed E-state index contributed by atoms with van der Waals surface area (Å²) in [7, 11) is 0. The third-order valence-electron chi connectivity index (χ3n) is 4.45. The third-order valence-corrected chi connectivity index (χ3v) is 4.45. The summed E-state index contributed by atoms with van der Waals surface area (Å²) < 4.78 is 0. The van der Waals surface area contributed by atoms with E-state index < -0.39 is 78.8 Å². The number of nitrogens with one attached hydrogen (secondary N) is 3. The maximum absolute atomic E-state index is 12.4. The highest BCUT2D eigenvalue weighted by atomic mass is 16.4. The topological polar surface area (TPSA) is 234 Å². The first kappa shape index (κ1) is 27.2. The molecule has 0 heterocycles. The molecule has 6 atom stereocenters. The zero-order valence-corrected chi connectivity index (χ0v) is 17.1. The summed E-state index contributed by atoms with van der Waals surface area (Å²) in [5.74, 6) is -5.61. The van der Waals surface area contributed by atoms with E-state index in [1.807, 2.05) is 0 Å². The minimum absolute atomic E-state index is 0.426. The van der Waals surface area contributed by atoms with Crippen molar-refractivity contribution in [1.82, 2.24) is 16.0 Å². The van der Waals surface area contributed by atoms with Gasteiger partial charge in [-0.1, -0.05) is 20.3 Å². The summed E-state index contributed by atoms with van der Waals surface area (Å²) in [4.78, 5) is 59.3. The van der Waals surface area contributed by atoms with Crippen LogP contribution in [0.15, 0.2) is 0 Å². The Kier molecular flexibility index (Phi) is 11.5. The second-order valence-electron chi connectivity index (χ2n) is 6.95. The first-order valence-corrected chi connectivity index (χ1v) is 9.32. The molecule has 0 bridgehead atoms. The van der Waals surface area contributed by atoms with Crippen molar-refractivity contribution in [3.8, 4) is 0 Å². The molecule has 0 saturated carbocycles. The number of carboxylic acid groups (broad SMARTS) is 1. The summed E-state index contributed by atoms with van der Waals surface area (Å²) >= 11 is 0. The number of aliphatic hydroxyl groups is 2. The van der Waals surface area contributed by atoms with Crippen molar-refractivity contribution in [3.05, 3.63) is 0 Å². The molecule has 0 radical (unpaired) electrons. The van der Waals surface area contributed by atoms with Crippen molar-refractivity contribution in [3.63, 3.8) is 0 Å². The van der Waals surface area contributed by atoms with Crippen LogP contribution in [-0.4, -0.2) is 81.8 Å². The zero-order chi connectivity index (χ0) is 23.6. The molecule has 0 aromatic heterocycles. The van der Waals surface area contributed by atoms with E-state index in [1.54, 1.807) is 13.8 Å². The Labute approximate surface area is 173 Å². The number of aliphatic hydroxyl groups excluding tert-OH is 2. The van der Waals surface area contributed by atoms with Gasteiger partial charge in [0.1, 0.15) is 24.2 Å². The highest BCUT2D eigenvalue weighted by Crippen LogP contribution is 2.08. The van der Waals surface area contributed by atoms with Gasteiger partial charge in [-0.25, -0.2) is 4.79 Å². The zero-order valence-electron chi connectivity index (χ0n) is 17.1. The Hall–Kier alpha value is -2.77. The molecular weight excluding hydrogens is 402 g/mol. The number of nitrogens with two attached hydrogens (primary N) is 2. The first-order chi connectivity index (χ1) is 13.8. The Morgan fingerprint density at radius 3 is 1.83 bits per heavy atom. The molecule has 0 aliphatic rings. The van der Waals surface area contributed by atoms with Gasteiger partial charge in [-0.2, -0.15) is 0 Å². The SMILES string of the molecule is CCC(C)C(NC(=O)C(CO)NC(=O)C(CC(N)=O)NC(=O)C(N)C(C)O)C(=O)O. The van der Waals surface area contributed by atoms with Gasteiger partial charge in [0.05, 0.1) is 19.1 Å². The lowest BCUT2D eigenvalue weighted by atomic mass is 9.99. The van der Waals surface area contributed by atoms with Crippen LogP contribution in [0, 0.1) is 5.92 Å². The van der Waals surface area contributed by atoms with Crippen molar-refractivity contribution >= 4 is 29.6 Å².